The van der Waals surface area contributed by atoms with Crippen molar-refractivity contribution in [1.29, 1.82) is 0 Å². The summed E-state index contributed by atoms with van der Waals surface area (Å²) in [4.78, 5) is 24.2. The molecule has 2 amide bonds. The molecule has 0 aliphatic carbocycles. The van der Waals surface area contributed by atoms with E-state index in [4.69, 9.17) is 9.15 Å². The van der Waals surface area contributed by atoms with Gasteiger partial charge in [0, 0.05) is 25.4 Å². The van der Waals surface area contributed by atoms with Gasteiger partial charge >= 0.3 is 6.03 Å². The maximum atomic E-state index is 11.9. The van der Waals surface area contributed by atoms with E-state index in [1.807, 2.05) is 0 Å². The lowest BCUT2D eigenvalue weighted by atomic mass is 10.1. The topological polar surface area (TPSA) is 97.8 Å². The Kier molecular flexibility index (Phi) is 5.10. The molecule has 25 heavy (non-hydrogen) atoms. The number of ether oxygens (including phenoxy) is 1. The van der Waals surface area contributed by atoms with Gasteiger partial charge in [-0.2, -0.15) is 0 Å². The van der Waals surface area contributed by atoms with Crippen molar-refractivity contribution < 1.29 is 18.9 Å². The second-order valence-electron chi connectivity index (χ2n) is 5.36. The third kappa shape index (κ3) is 4.04. The summed E-state index contributed by atoms with van der Waals surface area (Å²) in [5.74, 6) is 0.877. The molecule has 1 N–H and O–H groups in total. The Morgan fingerprint density at radius 3 is 2.72 bits per heavy atom. The first-order valence-corrected chi connectivity index (χ1v) is 7.78. The van der Waals surface area contributed by atoms with E-state index in [2.05, 4.69) is 5.32 Å². The van der Waals surface area contributed by atoms with Gasteiger partial charge in [0.2, 0.25) is 0 Å². The molecule has 0 atom stereocenters. The molecule has 1 aromatic carbocycles. The fraction of sp³-hybridized carbons (Fsp3) is 0.235. The summed E-state index contributed by atoms with van der Waals surface area (Å²) >= 11 is 0. The zero-order chi connectivity index (χ0) is 17.6. The molecule has 2 heterocycles. The minimum absolute atomic E-state index is 0.0204. The van der Waals surface area contributed by atoms with Gasteiger partial charge in [0.15, 0.2) is 0 Å². The van der Waals surface area contributed by atoms with E-state index >= 15 is 0 Å². The van der Waals surface area contributed by atoms with Gasteiger partial charge in [-0.25, -0.2) is 4.79 Å². The number of nitrogens with zero attached hydrogens (tertiary/aromatic N) is 2. The number of hydrogen-bond acceptors (Lipinski definition) is 5. The Balaban J connectivity index is 1.66. The maximum Gasteiger partial charge on any atom is 0.321 e. The highest BCUT2D eigenvalue weighted by Crippen LogP contribution is 2.30. The number of nitro groups is 1. The van der Waals surface area contributed by atoms with Crippen LogP contribution in [0.25, 0.3) is 17.4 Å². The van der Waals surface area contributed by atoms with Gasteiger partial charge in [-0.1, -0.05) is 12.1 Å². The zero-order valence-corrected chi connectivity index (χ0v) is 13.4. The number of rotatable bonds is 4. The van der Waals surface area contributed by atoms with Gasteiger partial charge in [0.25, 0.3) is 5.69 Å². The summed E-state index contributed by atoms with van der Waals surface area (Å²) < 4.78 is 10.8. The third-order valence-electron chi connectivity index (χ3n) is 3.75. The van der Waals surface area contributed by atoms with E-state index in [1.165, 1.54) is 12.3 Å². The van der Waals surface area contributed by atoms with Crippen molar-refractivity contribution in [3.8, 4) is 11.3 Å². The molecule has 0 radical (unpaired) electrons. The quantitative estimate of drug-likeness (QED) is 0.680. The molecule has 8 heteroatoms. The highest BCUT2D eigenvalue weighted by molar-refractivity contribution is 5.76. The summed E-state index contributed by atoms with van der Waals surface area (Å²) in [6, 6.07) is 9.51. The predicted octanol–water partition coefficient (Wildman–Crippen LogP) is 2.87. The second kappa shape index (κ2) is 7.63. The largest absolute Gasteiger partial charge is 0.456 e. The number of hydrogen-bond donors (Lipinski definition) is 1. The molecule has 2 aromatic rings. The number of morpholine rings is 1. The molecule has 8 nitrogen and oxygen atoms in total. The Morgan fingerprint density at radius 1 is 1.20 bits per heavy atom. The normalized spacial score (nSPS) is 14.6. The van der Waals surface area contributed by atoms with Gasteiger partial charge in [-0.3, -0.25) is 10.1 Å². The summed E-state index contributed by atoms with van der Waals surface area (Å²) in [5.41, 5.74) is 0.387. The molecule has 0 bridgehead atoms. The molecule has 0 spiro atoms. The maximum absolute atomic E-state index is 11.9. The standard InChI is InChI=1S/C17H17N3O5/c21-17(19-9-11-24-12-10-19)18-8-7-13-5-6-16(25-13)14-3-1-2-4-15(14)20(22)23/h1-8H,9-12H2,(H,18,21)/b8-7+. The molecule has 1 aromatic heterocycles. The smallest absolute Gasteiger partial charge is 0.321 e. The molecule has 1 aliphatic rings. The van der Waals surface area contributed by atoms with Crippen LogP contribution >= 0.6 is 0 Å². The fourth-order valence-electron chi connectivity index (χ4n) is 2.48. The molecule has 1 aliphatic heterocycles. The first-order valence-electron chi connectivity index (χ1n) is 7.78. The first-order chi connectivity index (χ1) is 12.1. The van der Waals surface area contributed by atoms with Gasteiger partial charge in [0.05, 0.1) is 23.7 Å². The molecular weight excluding hydrogens is 326 g/mol. The summed E-state index contributed by atoms with van der Waals surface area (Å²) in [7, 11) is 0. The lowest BCUT2D eigenvalue weighted by molar-refractivity contribution is -0.384. The molecule has 130 valence electrons. The zero-order valence-electron chi connectivity index (χ0n) is 13.4. The predicted molar refractivity (Wildman–Crippen MR) is 90.8 cm³/mol. The number of para-hydroxylation sites is 1. The van der Waals surface area contributed by atoms with Gasteiger partial charge in [-0.15, -0.1) is 0 Å². The van der Waals surface area contributed by atoms with Crippen molar-refractivity contribution in [3.05, 3.63) is 58.5 Å². The van der Waals surface area contributed by atoms with Crippen molar-refractivity contribution in [3.63, 3.8) is 0 Å². The van der Waals surface area contributed by atoms with E-state index < -0.39 is 4.92 Å². The molecular formula is C17H17N3O5. The van der Waals surface area contributed by atoms with Crippen molar-refractivity contribution in [2.45, 2.75) is 0 Å². The number of benzene rings is 1. The van der Waals surface area contributed by atoms with E-state index in [1.54, 1.807) is 41.3 Å². The Hall–Kier alpha value is -3.13. The molecule has 0 unspecified atom stereocenters. The number of amides is 2. The van der Waals surface area contributed by atoms with Crippen LogP contribution in [0.1, 0.15) is 5.76 Å². The minimum Gasteiger partial charge on any atom is -0.456 e. The van der Waals surface area contributed by atoms with Crippen LogP contribution in [0.4, 0.5) is 10.5 Å². The van der Waals surface area contributed by atoms with Crippen LogP contribution in [-0.4, -0.2) is 42.2 Å². The van der Waals surface area contributed by atoms with Crippen LogP contribution in [0, 0.1) is 10.1 Å². The van der Waals surface area contributed by atoms with E-state index in [0.29, 0.717) is 43.4 Å². The number of carbonyl (C=O) groups is 1. The van der Waals surface area contributed by atoms with Crippen molar-refractivity contribution in [1.82, 2.24) is 10.2 Å². The van der Waals surface area contributed by atoms with Gasteiger partial charge in [-0.05, 0) is 24.3 Å². The van der Waals surface area contributed by atoms with Crippen LogP contribution in [0.5, 0.6) is 0 Å². The Bertz CT molecular complexity index is 793. The van der Waals surface area contributed by atoms with Gasteiger partial charge < -0.3 is 19.4 Å². The SMILES string of the molecule is O=C(N/C=C/c1ccc(-c2ccccc2[N+](=O)[O-])o1)N1CCOCC1. The van der Waals surface area contributed by atoms with E-state index in [0.717, 1.165) is 0 Å². The average molecular weight is 343 g/mol. The number of nitro benzene ring substituents is 1. The fourth-order valence-corrected chi connectivity index (χ4v) is 2.48. The molecule has 1 fully saturated rings. The van der Waals surface area contributed by atoms with Crippen LogP contribution in [0.2, 0.25) is 0 Å². The molecule has 1 saturated heterocycles. The van der Waals surface area contributed by atoms with Crippen LogP contribution < -0.4 is 5.32 Å². The van der Waals surface area contributed by atoms with Crippen molar-refractivity contribution in [2.75, 3.05) is 26.3 Å². The van der Waals surface area contributed by atoms with Crippen LogP contribution in [0.15, 0.2) is 47.0 Å². The summed E-state index contributed by atoms with van der Waals surface area (Å²) in [6.45, 7) is 2.19. The lowest BCUT2D eigenvalue weighted by Gasteiger charge is -2.26. The summed E-state index contributed by atoms with van der Waals surface area (Å²) in [5, 5.41) is 13.8. The van der Waals surface area contributed by atoms with E-state index in [9.17, 15) is 14.9 Å². The van der Waals surface area contributed by atoms with E-state index in [-0.39, 0.29) is 11.7 Å². The average Bonchev–Trinajstić information content (AvgIpc) is 3.11. The van der Waals surface area contributed by atoms with Crippen molar-refractivity contribution in [2.24, 2.45) is 0 Å². The highest BCUT2D eigenvalue weighted by atomic mass is 16.6. The summed E-state index contributed by atoms with van der Waals surface area (Å²) in [6.07, 6.45) is 3.08. The first kappa shape index (κ1) is 16.7. The Morgan fingerprint density at radius 2 is 1.96 bits per heavy atom. The third-order valence-corrected chi connectivity index (χ3v) is 3.75. The molecule has 0 saturated carbocycles. The van der Waals surface area contributed by atoms with Crippen LogP contribution in [-0.2, 0) is 4.74 Å². The van der Waals surface area contributed by atoms with Crippen molar-refractivity contribution >= 4 is 17.8 Å². The van der Waals surface area contributed by atoms with Gasteiger partial charge in [0.1, 0.15) is 11.5 Å². The lowest BCUT2D eigenvalue weighted by Crippen LogP contribution is -2.44. The monoisotopic (exact) mass is 343 g/mol. The Labute approximate surface area is 143 Å². The number of nitrogens with one attached hydrogen (secondary N) is 1. The molecule has 3 rings (SSSR count). The second-order valence-corrected chi connectivity index (χ2v) is 5.36. The highest BCUT2D eigenvalue weighted by Gasteiger charge is 2.17. The number of furan rings is 1. The minimum atomic E-state index is -0.448. The van der Waals surface area contributed by atoms with Crippen LogP contribution in [0.3, 0.4) is 0 Å². The number of urea groups is 1. The number of carbonyl (C=O) groups excluding carboxylic acids is 1.